The topological polar surface area (TPSA) is 210 Å². The zero-order valence-electron chi connectivity index (χ0n) is 40.0. The van der Waals surface area contributed by atoms with Crippen molar-refractivity contribution in [3.8, 4) is 0 Å². The van der Waals surface area contributed by atoms with E-state index in [1.807, 2.05) is 66.6 Å². The van der Waals surface area contributed by atoms with E-state index in [0.717, 1.165) is 5.56 Å². The molecule has 5 amide bonds. The standard InChI is InChI=1S/C47H75N7O9S/c1-13-31(6)42(53(10)47(59)40(29(2)3)50-46(58)41(30(4)5)52(8)9)38(62-11)27-39(55)54-25-17-20-37(54)43(63-12)32(7)44(56)49-36(26-33-18-15-14-16-19-33)45(57)51-64(60,61)35-23-21-34(28-48)22-24-35/h14-16,18-19,21-24,29-32,36-38,40-43H,13,17,20,25-28,48H2,1-12H3,(H,49,56)(H,50,58)(H,51,57)/t31-,32+,36-,37-,38-,40-,41-,42-,43+/m0/s1. The fourth-order valence-electron chi connectivity index (χ4n) is 8.84. The highest BCUT2D eigenvalue weighted by Gasteiger charge is 2.43. The van der Waals surface area contributed by atoms with Gasteiger partial charge in [-0.1, -0.05) is 97.4 Å². The molecule has 3 rings (SSSR count). The lowest BCUT2D eigenvalue weighted by Gasteiger charge is -2.41. The molecule has 5 N–H and O–H groups in total. The van der Waals surface area contributed by atoms with Gasteiger partial charge in [0.25, 0.3) is 15.9 Å². The lowest BCUT2D eigenvalue weighted by Crippen LogP contribution is -2.59. The molecule has 64 heavy (non-hydrogen) atoms. The van der Waals surface area contributed by atoms with Gasteiger partial charge in [0.1, 0.15) is 12.1 Å². The van der Waals surface area contributed by atoms with Crippen LogP contribution in [0.2, 0.25) is 0 Å². The molecule has 0 aliphatic carbocycles. The lowest BCUT2D eigenvalue weighted by atomic mass is 9.89. The molecule has 0 saturated carbocycles. The third-order valence-electron chi connectivity index (χ3n) is 12.6. The predicted molar refractivity (Wildman–Crippen MR) is 247 cm³/mol. The number of nitrogens with zero attached hydrogens (tertiary/aromatic N) is 3. The number of nitrogens with two attached hydrogens (primary N) is 1. The summed E-state index contributed by atoms with van der Waals surface area (Å²) < 4.78 is 40.7. The van der Waals surface area contributed by atoms with E-state index in [-0.39, 0.29) is 59.8 Å². The molecule has 358 valence electrons. The van der Waals surface area contributed by atoms with Crippen molar-refractivity contribution >= 4 is 39.6 Å². The molecule has 0 aromatic heterocycles. The van der Waals surface area contributed by atoms with Crippen molar-refractivity contribution in [3.05, 3.63) is 65.7 Å². The first-order chi connectivity index (χ1) is 30.1. The molecule has 0 spiro atoms. The molecule has 1 aliphatic rings. The molecule has 2 aromatic rings. The van der Waals surface area contributed by atoms with Gasteiger partial charge in [0.05, 0.1) is 47.6 Å². The van der Waals surface area contributed by atoms with Gasteiger partial charge >= 0.3 is 0 Å². The summed E-state index contributed by atoms with van der Waals surface area (Å²) in [4.78, 5) is 75.1. The number of benzene rings is 2. The Balaban J connectivity index is 1.83. The Morgan fingerprint density at radius 1 is 0.828 bits per heavy atom. The van der Waals surface area contributed by atoms with Gasteiger partial charge in [0.15, 0.2) is 0 Å². The van der Waals surface area contributed by atoms with Crippen molar-refractivity contribution in [2.75, 3.05) is 41.9 Å². The van der Waals surface area contributed by atoms with E-state index in [4.69, 9.17) is 15.2 Å². The van der Waals surface area contributed by atoms with E-state index in [1.165, 1.54) is 26.4 Å². The van der Waals surface area contributed by atoms with Crippen LogP contribution in [0.3, 0.4) is 0 Å². The Morgan fingerprint density at radius 2 is 1.45 bits per heavy atom. The van der Waals surface area contributed by atoms with Gasteiger partial charge in [0.2, 0.25) is 23.6 Å². The summed E-state index contributed by atoms with van der Waals surface area (Å²) in [6.07, 6.45) is 0.325. The normalized spacial score (nSPS) is 18.1. The Hall–Kier alpha value is -4.42. The van der Waals surface area contributed by atoms with Crippen molar-refractivity contribution in [1.29, 1.82) is 0 Å². The summed E-state index contributed by atoms with van der Waals surface area (Å²) in [5, 5.41) is 5.80. The zero-order valence-corrected chi connectivity index (χ0v) is 40.8. The minimum absolute atomic E-state index is 0.00396. The number of sulfonamides is 1. The molecular weight excluding hydrogens is 839 g/mol. The maximum absolute atomic E-state index is 14.4. The second-order valence-corrected chi connectivity index (χ2v) is 19.7. The fraction of sp³-hybridized carbons (Fsp3) is 0.638. The second kappa shape index (κ2) is 24.8. The maximum atomic E-state index is 14.4. The molecular formula is C47H75N7O9S. The van der Waals surface area contributed by atoms with Crippen LogP contribution in [-0.4, -0.2) is 137 Å². The van der Waals surface area contributed by atoms with E-state index < -0.39 is 70.2 Å². The van der Waals surface area contributed by atoms with Gasteiger partial charge in [-0.15, -0.1) is 0 Å². The van der Waals surface area contributed by atoms with Crippen LogP contribution in [-0.2, 0) is 56.4 Å². The van der Waals surface area contributed by atoms with Crippen LogP contribution in [0.1, 0.15) is 85.3 Å². The molecule has 17 heteroatoms. The average molecular weight is 914 g/mol. The molecule has 1 heterocycles. The Kier molecular flexibility index (Phi) is 20.9. The van der Waals surface area contributed by atoms with Crippen molar-refractivity contribution < 1.29 is 41.9 Å². The summed E-state index contributed by atoms with van der Waals surface area (Å²) in [6.45, 7) is 14.0. The van der Waals surface area contributed by atoms with Gasteiger partial charge in [-0.25, -0.2) is 13.1 Å². The summed E-state index contributed by atoms with van der Waals surface area (Å²) in [5.41, 5.74) is 7.08. The number of nitrogens with one attached hydrogen (secondary N) is 3. The van der Waals surface area contributed by atoms with Crippen LogP contribution in [0, 0.1) is 23.7 Å². The monoisotopic (exact) mass is 914 g/mol. The van der Waals surface area contributed by atoms with Crippen molar-refractivity contribution in [2.24, 2.45) is 29.4 Å². The highest BCUT2D eigenvalue weighted by Crippen LogP contribution is 2.30. The number of carbonyl (C=O) groups is 5. The molecule has 9 atom stereocenters. The maximum Gasteiger partial charge on any atom is 0.264 e. The van der Waals surface area contributed by atoms with Crippen LogP contribution in [0.15, 0.2) is 59.5 Å². The van der Waals surface area contributed by atoms with Gasteiger partial charge in [-0.3, -0.25) is 28.9 Å². The summed E-state index contributed by atoms with van der Waals surface area (Å²) >= 11 is 0. The molecule has 1 aliphatic heterocycles. The predicted octanol–water partition coefficient (Wildman–Crippen LogP) is 3.33. The third kappa shape index (κ3) is 14.0. The molecule has 1 fully saturated rings. The van der Waals surface area contributed by atoms with E-state index in [1.54, 1.807) is 60.2 Å². The number of carbonyl (C=O) groups excluding carboxylic acids is 5. The van der Waals surface area contributed by atoms with Gasteiger partial charge < -0.3 is 35.6 Å². The number of hydrogen-bond acceptors (Lipinski definition) is 11. The van der Waals surface area contributed by atoms with E-state index in [2.05, 4.69) is 15.4 Å². The molecule has 16 nitrogen and oxygen atoms in total. The molecule has 0 unspecified atom stereocenters. The summed E-state index contributed by atoms with van der Waals surface area (Å²) in [5.74, 6) is -3.39. The Bertz CT molecular complexity index is 1940. The zero-order chi connectivity index (χ0) is 48.1. The third-order valence-corrected chi connectivity index (χ3v) is 13.9. The van der Waals surface area contributed by atoms with Crippen LogP contribution in [0.4, 0.5) is 0 Å². The fourth-order valence-corrected chi connectivity index (χ4v) is 9.86. The summed E-state index contributed by atoms with van der Waals surface area (Å²) in [6, 6.07) is 11.2. The SMILES string of the molecule is CC[C@H](C)[C@@H]([C@H](CC(=O)N1CCC[C@H]1[C@H](OC)[C@@H](C)C(=O)N[C@@H](Cc1ccccc1)C(=O)NS(=O)(=O)c1ccc(CN)cc1)OC)N(C)C(=O)[C@@H](NC(=O)[C@H](C(C)C)N(C)C)C(C)C. The van der Waals surface area contributed by atoms with E-state index >= 15 is 0 Å². The minimum atomic E-state index is -4.30. The number of likely N-dealkylation sites (N-methyl/N-ethyl adjacent to an activating group) is 2. The largest absolute Gasteiger partial charge is 0.379 e. The van der Waals surface area contributed by atoms with E-state index in [0.29, 0.717) is 31.4 Å². The van der Waals surface area contributed by atoms with Gasteiger partial charge in [0, 0.05) is 40.8 Å². The highest BCUT2D eigenvalue weighted by atomic mass is 32.2. The smallest absolute Gasteiger partial charge is 0.264 e. The summed E-state index contributed by atoms with van der Waals surface area (Å²) in [7, 11) is 4.06. The van der Waals surface area contributed by atoms with Gasteiger partial charge in [-0.2, -0.15) is 0 Å². The van der Waals surface area contributed by atoms with Crippen molar-refractivity contribution in [3.63, 3.8) is 0 Å². The number of hydrogen-bond donors (Lipinski definition) is 4. The number of ether oxygens (including phenoxy) is 2. The number of likely N-dealkylation sites (tertiary alicyclic amines) is 1. The number of methoxy groups -OCH3 is 2. The molecule has 2 aromatic carbocycles. The van der Waals surface area contributed by atoms with Crippen molar-refractivity contribution in [1.82, 2.24) is 30.1 Å². The van der Waals surface area contributed by atoms with Crippen LogP contribution in [0.25, 0.3) is 0 Å². The quantitative estimate of drug-likeness (QED) is 0.120. The molecule has 0 radical (unpaired) electrons. The number of rotatable bonds is 24. The van der Waals surface area contributed by atoms with Gasteiger partial charge in [-0.05, 0) is 68.0 Å². The van der Waals surface area contributed by atoms with Crippen LogP contribution < -0.4 is 21.1 Å². The van der Waals surface area contributed by atoms with Crippen molar-refractivity contribution in [2.45, 2.75) is 134 Å². The second-order valence-electron chi connectivity index (χ2n) is 18.0. The molecule has 0 bridgehead atoms. The first-order valence-corrected chi connectivity index (χ1v) is 23.9. The van der Waals surface area contributed by atoms with Crippen LogP contribution >= 0.6 is 0 Å². The highest BCUT2D eigenvalue weighted by molar-refractivity contribution is 7.90. The average Bonchev–Trinajstić information content (AvgIpc) is 3.74. The number of amides is 5. The lowest BCUT2D eigenvalue weighted by molar-refractivity contribution is -0.148. The van der Waals surface area contributed by atoms with E-state index in [9.17, 15) is 32.4 Å². The molecule has 1 saturated heterocycles. The Labute approximate surface area is 381 Å². The van der Waals surface area contributed by atoms with Crippen LogP contribution in [0.5, 0.6) is 0 Å². The Morgan fingerprint density at radius 3 is 1.97 bits per heavy atom. The minimum Gasteiger partial charge on any atom is -0.379 e. The first-order valence-electron chi connectivity index (χ1n) is 22.4. The first kappa shape index (κ1) is 53.9.